The van der Waals surface area contributed by atoms with Gasteiger partial charge in [-0.3, -0.25) is 13.9 Å². The minimum atomic E-state index is -3.59. The molecule has 2 amide bonds. The van der Waals surface area contributed by atoms with Crippen LogP contribution in [0, 0.1) is 5.82 Å². The van der Waals surface area contributed by atoms with Crippen LogP contribution in [0.4, 0.5) is 10.1 Å². The van der Waals surface area contributed by atoms with E-state index in [1.54, 1.807) is 49.4 Å². The fraction of sp³-hybridized carbons (Fsp3) is 0.462. The molecule has 36 heavy (non-hydrogen) atoms. The first-order valence-electron chi connectivity index (χ1n) is 12.1. The molecular formula is C26H33ClFN3O4S. The topological polar surface area (TPSA) is 86.8 Å². The van der Waals surface area contributed by atoms with Crippen LogP contribution in [0.25, 0.3) is 0 Å². The van der Waals surface area contributed by atoms with Crippen LogP contribution in [0.1, 0.15) is 51.0 Å². The fourth-order valence-electron chi connectivity index (χ4n) is 4.40. The van der Waals surface area contributed by atoms with Gasteiger partial charge in [-0.1, -0.05) is 42.6 Å². The number of carbonyl (C=O) groups is 2. The van der Waals surface area contributed by atoms with Crippen molar-refractivity contribution in [2.24, 2.45) is 0 Å². The molecule has 1 saturated carbocycles. The summed E-state index contributed by atoms with van der Waals surface area (Å²) in [6.45, 7) is 1.65. The molecule has 0 aromatic heterocycles. The highest BCUT2D eigenvalue weighted by Crippen LogP contribution is 2.22. The largest absolute Gasteiger partial charge is 0.352 e. The van der Waals surface area contributed by atoms with E-state index in [-0.39, 0.29) is 43.8 Å². The number of anilines is 1. The molecule has 0 aliphatic heterocycles. The maximum Gasteiger partial charge on any atom is 0.242 e. The lowest BCUT2D eigenvalue weighted by Gasteiger charge is -2.30. The molecule has 2 aromatic carbocycles. The number of rotatable bonds is 11. The van der Waals surface area contributed by atoms with Crippen LogP contribution >= 0.6 is 11.6 Å². The van der Waals surface area contributed by atoms with Crippen molar-refractivity contribution in [3.63, 3.8) is 0 Å². The molecule has 196 valence electrons. The van der Waals surface area contributed by atoms with Gasteiger partial charge >= 0.3 is 0 Å². The summed E-state index contributed by atoms with van der Waals surface area (Å²) < 4.78 is 40.3. The van der Waals surface area contributed by atoms with Gasteiger partial charge in [0, 0.05) is 36.1 Å². The van der Waals surface area contributed by atoms with Crippen LogP contribution in [-0.4, -0.2) is 50.0 Å². The SMILES string of the molecule is CC(C(=O)NC1CCCC1)N(Cc1ccccc1F)C(=O)CCCN(c1ccc(Cl)cc1)S(C)(=O)=O. The molecule has 1 N–H and O–H groups in total. The van der Waals surface area contributed by atoms with E-state index in [9.17, 15) is 22.4 Å². The number of amides is 2. The number of nitrogens with one attached hydrogen (secondary N) is 1. The highest BCUT2D eigenvalue weighted by molar-refractivity contribution is 7.92. The van der Waals surface area contributed by atoms with Crippen molar-refractivity contribution in [2.75, 3.05) is 17.1 Å². The summed E-state index contributed by atoms with van der Waals surface area (Å²) in [5, 5.41) is 3.49. The van der Waals surface area contributed by atoms with Crippen molar-refractivity contribution in [2.45, 2.75) is 64.1 Å². The summed E-state index contributed by atoms with van der Waals surface area (Å²) in [5.41, 5.74) is 0.757. The molecule has 7 nitrogen and oxygen atoms in total. The third kappa shape index (κ3) is 7.67. The zero-order valence-corrected chi connectivity index (χ0v) is 22.2. The highest BCUT2D eigenvalue weighted by Gasteiger charge is 2.29. The standard InChI is InChI=1S/C26H33ClFN3O4S/c1-19(26(33)29-22-9-4-5-10-22)30(18-20-8-3-6-11-24(20)28)25(32)12-7-17-31(36(2,34)35)23-15-13-21(27)14-16-23/h3,6,8,11,13-16,19,22H,4-5,7,9-10,12,17-18H2,1-2H3,(H,29,33). The highest BCUT2D eigenvalue weighted by atomic mass is 35.5. The minimum Gasteiger partial charge on any atom is -0.352 e. The molecule has 1 aliphatic carbocycles. The Bertz CT molecular complexity index is 1150. The normalized spacial score (nSPS) is 14.9. The van der Waals surface area contributed by atoms with E-state index < -0.39 is 21.9 Å². The molecule has 3 rings (SSSR count). The Balaban J connectivity index is 1.72. The summed E-state index contributed by atoms with van der Waals surface area (Å²) >= 11 is 5.92. The molecule has 1 atom stereocenters. The molecule has 0 bridgehead atoms. The van der Waals surface area contributed by atoms with Gasteiger partial charge in [0.15, 0.2) is 0 Å². The lowest BCUT2D eigenvalue weighted by atomic mass is 10.1. The zero-order valence-electron chi connectivity index (χ0n) is 20.6. The third-order valence-corrected chi connectivity index (χ3v) is 7.88. The van der Waals surface area contributed by atoms with Crippen LogP contribution in [0.2, 0.25) is 5.02 Å². The molecule has 1 aliphatic rings. The molecule has 10 heteroatoms. The smallest absolute Gasteiger partial charge is 0.242 e. The van der Waals surface area contributed by atoms with Crippen LogP contribution in [0.5, 0.6) is 0 Å². The maximum absolute atomic E-state index is 14.4. The summed E-state index contributed by atoms with van der Waals surface area (Å²) in [5.74, 6) is -1.08. The van der Waals surface area contributed by atoms with E-state index in [0.717, 1.165) is 31.9 Å². The Morgan fingerprint density at radius 1 is 1.11 bits per heavy atom. The second kappa shape index (κ2) is 12.5. The average Bonchev–Trinajstić information content (AvgIpc) is 3.34. The molecular weight excluding hydrogens is 505 g/mol. The van der Waals surface area contributed by atoms with Gasteiger partial charge in [-0.05, 0) is 56.5 Å². The van der Waals surface area contributed by atoms with Crippen molar-refractivity contribution in [1.29, 1.82) is 0 Å². The van der Waals surface area contributed by atoms with Crippen LogP contribution in [0.15, 0.2) is 48.5 Å². The van der Waals surface area contributed by atoms with Gasteiger partial charge in [-0.25, -0.2) is 12.8 Å². The first-order valence-corrected chi connectivity index (χ1v) is 14.4. The Kier molecular flexibility index (Phi) is 9.73. The Hall–Kier alpha value is -2.65. The van der Waals surface area contributed by atoms with E-state index in [4.69, 9.17) is 11.6 Å². The molecule has 0 heterocycles. The Labute approximate surface area is 217 Å². The predicted molar refractivity (Wildman–Crippen MR) is 140 cm³/mol. The number of nitrogens with zero attached hydrogens (tertiary/aromatic N) is 2. The molecule has 0 radical (unpaired) electrons. The number of hydrogen-bond donors (Lipinski definition) is 1. The summed E-state index contributed by atoms with van der Waals surface area (Å²) in [7, 11) is -3.59. The van der Waals surface area contributed by atoms with Gasteiger partial charge in [0.1, 0.15) is 11.9 Å². The molecule has 0 spiro atoms. The van der Waals surface area contributed by atoms with E-state index >= 15 is 0 Å². The maximum atomic E-state index is 14.4. The molecule has 1 unspecified atom stereocenters. The van der Waals surface area contributed by atoms with Crippen molar-refractivity contribution in [3.8, 4) is 0 Å². The quantitative estimate of drug-likeness (QED) is 0.457. The van der Waals surface area contributed by atoms with E-state index in [2.05, 4.69) is 5.32 Å². The number of hydrogen-bond acceptors (Lipinski definition) is 4. The number of halogens is 2. The first kappa shape index (κ1) is 27.9. The van der Waals surface area contributed by atoms with Crippen molar-refractivity contribution >= 4 is 39.1 Å². The first-order chi connectivity index (χ1) is 17.1. The summed E-state index contributed by atoms with van der Waals surface area (Å²) in [6.07, 6.45) is 5.25. The van der Waals surface area contributed by atoms with Gasteiger partial charge < -0.3 is 10.2 Å². The van der Waals surface area contributed by atoms with Gasteiger partial charge in [-0.2, -0.15) is 0 Å². The number of sulfonamides is 1. The van der Waals surface area contributed by atoms with Crippen molar-refractivity contribution in [1.82, 2.24) is 10.2 Å². The lowest BCUT2D eigenvalue weighted by Crippen LogP contribution is -2.49. The molecule has 0 saturated heterocycles. The van der Waals surface area contributed by atoms with Crippen LogP contribution < -0.4 is 9.62 Å². The number of carbonyl (C=O) groups excluding carboxylic acids is 2. The second-order valence-corrected chi connectivity index (χ2v) is 11.5. The van der Waals surface area contributed by atoms with Crippen molar-refractivity contribution in [3.05, 3.63) is 64.9 Å². The van der Waals surface area contributed by atoms with E-state index in [0.29, 0.717) is 16.3 Å². The molecule has 1 fully saturated rings. The van der Waals surface area contributed by atoms with Crippen LogP contribution in [0.3, 0.4) is 0 Å². The summed E-state index contributed by atoms with van der Waals surface area (Å²) in [4.78, 5) is 27.6. The van der Waals surface area contributed by atoms with Gasteiger partial charge in [0.25, 0.3) is 0 Å². The third-order valence-electron chi connectivity index (χ3n) is 6.43. The Morgan fingerprint density at radius 3 is 2.36 bits per heavy atom. The molecule has 2 aromatic rings. The van der Waals surface area contributed by atoms with Crippen LogP contribution in [-0.2, 0) is 26.2 Å². The van der Waals surface area contributed by atoms with Gasteiger partial charge in [-0.15, -0.1) is 0 Å². The zero-order chi connectivity index (χ0) is 26.3. The Morgan fingerprint density at radius 2 is 1.75 bits per heavy atom. The lowest BCUT2D eigenvalue weighted by molar-refractivity contribution is -0.141. The monoisotopic (exact) mass is 537 g/mol. The minimum absolute atomic E-state index is 0.00485. The fourth-order valence-corrected chi connectivity index (χ4v) is 5.49. The van der Waals surface area contributed by atoms with E-state index in [1.807, 2.05) is 0 Å². The van der Waals surface area contributed by atoms with Crippen molar-refractivity contribution < 1.29 is 22.4 Å². The summed E-state index contributed by atoms with van der Waals surface area (Å²) in [6, 6.07) is 11.8. The van der Waals surface area contributed by atoms with E-state index in [1.165, 1.54) is 15.3 Å². The van der Waals surface area contributed by atoms with Gasteiger partial charge in [0.2, 0.25) is 21.8 Å². The predicted octanol–water partition coefficient (Wildman–Crippen LogP) is 4.50. The second-order valence-electron chi connectivity index (χ2n) is 9.19. The number of benzene rings is 2. The van der Waals surface area contributed by atoms with Gasteiger partial charge in [0.05, 0.1) is 11.9 Å². The average molecular weight is 538 g/mol.